The van der Waals surface area contributed by atoms with Crippen molar-refractivity contribution >= 4 is 5.91 Å². The zero-order valence-electron chi connectivity index (χ0n) is 15.5. The van der Waals surface area contributed by atoms with Crippen LogP contribution in [-0.4, -0.2) is 48.8 Å². The average Bonchev–Trinajstić information content (AvgIpc) is 3.14. The maximum atomic E-state index is 12.9. The van der Waals surface area contributed by atoms with E-state index in [1.165, 1.54) is 0 Å². The molecule has 1 unspecified atom stereocenters. The van der Waals surface area contributed by atoms with E-state index in [1.54, 1.807) is 24.8 Å². The van der Waals surface area contributed by atoms with Crippen molar-refractivity contribution in [2.45, 2.75) is 32.6 Å². The van der Waals surface area contributed by atoms with Gasteiger partial charge in [-0.2, -0.15) is 0 Å². The number of hydrogen-bond donors (Lipinski definition) is 1. The van der Waals surface area contributed by atoms with Gasteiger partial charge in [-0.05, 0) is 38.8 Å². The Labute approximate surface area is 157 Å². The van der Waals surface area contributed by atoms with Gasteiger partial charge in [0.25, 0.3) is 5.91 Å². The molecule has 1 amide bonds. The lowest BCUT2D eigenvalue weighted by Crippen LogP contribution is -2.39. The number of carbonyl (C=O) groups excluding carboxylic acids is 1. The number of H-pyrrole nitrogens is 1. The molecule has 3 aromatic heterocycles. The van der Waals surface area contributed by atoms with Gasteiger partial charge in [0.05, 0.1) is 11.3 Å². The number of likely N-dealkylation sites (tertiary alicyclic amines) is 1. The Hall–Kier alpha value is -3.09. The molecule has 0 bridgehead atoms. The third-order valence-electron chi connectivity index (χ3n) is 4.91. The van der Waals surface area contributed by atoms with Crippen LogP contribution in [0, 0.1) is 13.8 Å². The zero-order valence-corrected chi connectivity index (χ0v) is 15.5. The average molecular weight is 362 g/mol. The molecule has 27 heavy (non-hydrogen) atoms. The number of imidazole rings is 1. The highest BCUT2D eigenvalue weighted by Gasteiger charge is 2.29. The number of aromatic nitrogens is 5. The van der Waals surface area contributed by atoms with Crippen molar-refractivity contribution < 1.29 is 4.79 Å². The van der Waals surface area contributed by atoms with Gasteiger partial charge < -0.3 is 9.88 Å². The molecule has 138 valence electrons. The fourth-order valence-electron chi connectivity index (χ4n) is 3.52. The molecule has 1 fully saturated rings. The van der Waals surface area contributed by atoms with Crippen molar-refractivity contribution in [1.29, 1.82) is 0 Å². The summed E-state index contributed by atoms with van der Waals surface area (Å²) in [5.41, 5.74) is 4.17. The standard InChI is InChI=1S/C20H22N6O/c1-13-5-6-15(11-23-13)20(27)26-9-3-4-16(12-26)17-18(22-8-7-21-17)19-24-10-14(2)25-19/h5-8,10-11,16H,3-4,9,12H2,1-2H3,(H,24,25). The molecule has 3 aromatic rings. The normalized spacial score (nSPS) is 17.1. The van der Waals surface area contributed by atoms with E-state index >= 15 is 0 Å². The van der Waals surface area contributed by atoms with E-state index in [0.717, 1.165) is 48.0 Å². The summed E-state index contributed by atoms with van der Waals surface area (Å²) in [6.45, 7) is 5.25. The van der Waals surface area contributed by atoms with Crippen molar-refractivity contribution in [2.75, 3.05) is 13.1 Å². The van der Waals surface area contributed by atoms with Gasteiger partial charge in [-0.1, -0.05) is 0 Å². The highest BCUT2D eigenvalue weighted by atomic mass is 16.2. The summed E-state index contributed by atoms with van der Waals surface area (Å²) in [6.07, 6.45) is 8.74. The molecule has 0 aromatic carbocycles. The van der Waals surface area contributed by atoms with Crippen molar-refractivity contribution in [3.05, 3.63) is 59.6 Å². The maximum Gasteiger partial charge on any atom is 0.255 e. The summed E-state index contributed by atoms with van der Waals surface area (Å²) in [6, 6.07) is 3.71. The molecule has 1 N–H and O–H groups in total. The first kappa shape index (κ1) is 17.3. The minimum Gasteiger partial charge on any atom is -0.341 e. The Kier molecular flexibility index (Phi) is 4.66. The number of amides is 1. The number of nitrogens with zero attached hydrogens (tertiary/aromatic N) is 5. The molecule has 1 atom stereocenters. The smallest absolute Gasteiger partial charge is 0.255 e. The fraction of sp³-hybridized carbons (Fsp3) is 0.350. The van der Waals surface area contributed by atoms with Crippen LogP contribution in [0.3, 0.4) is 0 Å². The van der Waals surface area contributed by atoms with Gasteiger partial charge in [-0.25, -0.2) is 9.97 Å². The Balaban J connectivity index is 1.59. The van der Waals surface area contributed by atoms with E-state index in [0.29, 0.717) is 12.1 Å². The van der Waals surface area contributed by atoms with Gasteiger partial charge in [-0.3, -0.25) is 14.8 Å². The van der Waals surface area contributed by atoms with Gasteiger partial charge in [0.1, 0.15) is 5.69 Å². The second kappa shape index (κ2) is 7.26. The van der Waals surface area contributed by atoms with Crippen LogP contribution in [0.2, 0.25) is 0 Å². The number of aromatic amines is 1. The number of nitrogens with one attached hydrogen (secondary N) is 1. The van der Waals surface area contributed by atoms with Crippen LogP contribution >= 0.6 is 0 Å². The lowest BCUT2D eigenvalue weighted by atomic mass is 9.92. The first-order chi connectivity index (χ1) is 13.1. The lowest BCUT2D eigenvalue weighted by molar-refractivity contribution is 0.0705. The molecule has 4 rings (SSSR count). The van der Waals surface area contributed by atoms with Crippen LogP contribution in [0.5, 0.6) is 0 Å². The van der Waals surface area contributed by atoms with Crippen molar-refractivity contribution in [1.82, 2.24) is 29.8 Å². The first-order valence-corrected chi connectivity index (χ1v) is 9.16. The summed E-state index contributed by atoms with van der Waals surface area (Å²) < 4.78 is 0. The summed E-state index contributed by atoms with van der Waals surface area (Å²) in [7, 11) is 0. The van der Waals surface area contributed by atoms with E-state index in [9.17, 15) is 4.79 Å². The van der Waals surface area contributed by atoms with Crippen LogP contribution in [-0.2, 0) is 0 Å². The molecule has 4 heterocycles. The first-order valence-electron chi connectivity index (χ1n) is 9.16. The van der Waals surface area contributed by atoms with Crippen LogP contribution < -0.4 is 0 Å². The SMILES string of the molecule is Cc1ccc(C(=O)N2CCCC(c3nccnc3-c3ncc(C)[nH]3)C2)cn1. The van der Waals surface area contributed by atoms with Gasteiger partial charge in [-0.15, -0.1) is 0 Å². The van der Waals surface area contributed by atoms with Crippen LogP contribution in [0.1, 0.15) is 46.2 Å². The molecule has 1 aliphatic rings. The van der Waals surface area contributed by atoms with Crippen molar-refractivity contribution in [3.8, 4) is 11.5 Å². The molecule has 1 saturated heterocycles. The number of hydrogen-bond acceptors (Lipinski definition) is 5. The topological polar surface area (TPSA) is 87.7 Å². The minimum atomic E-state index is 0.0199. The van der Waals surface area contributed by atoms with Crippen LogP contribution in [0.15, 0.2) is 36.9 Å². The quantitative estimate of drug-likeness (QED) is 0.774. The van der Waals surface area contributed by atoms with Gasteiger partial charge in [0.2, 0.25) is 0 Å². The fourth-order valence-corrected chi connectivity index (χ4v) is 3.52. The van der Waals surface area contributed by atoms with E-state index in [1.807, 2.05) is 30.9 Å². The van der Waals surface area contributed by atoms with E-state index < -0.39 is 0 Å². The molecule has 7 heteroatoms. The molecule has 0 spiro atoms. The Morgan fingerprint density at radius 3 is 2.70 bits per heavy atom. The van der Waals surface area contributed by atoms with E-state index in [4.69, 9.17) is 0 Å². The van der Waals surface area contributed by atoms with Gasteiger partial charge >= 0.3 is 0 Å². The predicted molar refractivity (Wildman–Crippen MR) is 101 cm³/mol. The molecule has 7 nitrogen and oxygen atoms in total. The molecule has 0 aliphatic carbocycles. The highest BCUT2D eigenvalue weighted by molar-refractivity contribution is 5.94. The Morgan fingerprint density at radius 2 is 1.96 bits per heavy atom. The van der Waals surface area contributed by atoms with Gasteiger partial charge in [0.15, 0.2) is 5.82 Å². The van der Waals surface area contributed by atoms with Crippen LogP contribution in [0.4, 0.5) is 0 Å². The molecular formula is C20H22N6O. The largest absolute Gasteiger partial charge is 0.341 e. The molecule has 1 aliphatic heterocycles. The highest BCUT2D eigenvalue weighted by Crippen LogP contribution is 2.31. The van der Waals surface area contributed by atoms with Crippen LogP contribution in [0.25, 0.3) is 11.5 Å². The lowest BCUT2D eigenvalue weighted by Gasteiger charge is -2.33. The third kappa shape index (κ3) is 3.58. The summed E-state index contributed by atoms with van der Waals surface area (Å²) in [5.74, 6) is 0.878. The Morgan fingerprint density at radius 1 is 1.11 bits per heavy atom. The molecule has 0 saturated carbocycles. The maximum absolute atomic E-state index is 12.9. The van der Waals surface area contributed by atoms with E-state index in [2.05, 4.69) is 24.9 Å². The number of aryl methyl sites for hydroxylation is 2. The summed E-state index contributed by atoms with van der Waals surface area (Å²) >= 11 is 0. The summed E-state index contributed by atoms with van der Waals surface area (Å²) in [5, 5.41) is 0. The van der Waals surface area contributed by atoms with Gasteiger partial charge in [0, 0.05) is 55.2 Å². The van der Waals surface area contributed by atoms with Crippen molar-refractivity contribution in [3.63, 3.8) is 0 Å². The second-order valence-corrected chi connectivity index (χ2v) is 6.98. The molecule has 0 radical (unpaired) electrons. The minimum absolute atomic E-state index is 0.0199. The second-order valence-electron chi connectivity index (χ2n) is 6.98. The zero-order chi connectivity index (χ0) is 18.8. The predicted octanol–water partition coefficient (Wildman–Crippen LogP) is 2.90. The van der Waals surface area contributed by atoms with E-state index in [-0.39, 0.29) is 11.8 Å². The third-order valence-corrected chi connectivity index (χ3v) is 4.91. The summed E-state index contributed by atoms with van der Waals surface area (Å²) in [4.78, 5) is 35.8. The molecular weight excluding hydrogens is 340 g/mol. The Bertz CT molecular complexity index is 949. The number of rotatable bonds is 3. The van der Waals surface area contributed by atoms with Crippen molar-refractivity contribution in [2.24, 2.45) is 0 Å². The number of pyridine rings is 1. The number of carbonyl (C=O) groups is 1. The number of piperidine rings is 1. The monoisotopic (exact) mass is 362 g/mol.